The van der Waals surface area contributed by atoms with Crippen molar-refractivity contribution >= 4 is 17.9 Å². The molecule has 0 amide bonds. The summed E-state index contributed by atoms with van der Waals surface area (Å²) in [5, 5.41) is 0. The molecule has 0 aliphatic carbocycles. The molecule has 6 heteroatoms. The number of hydrogen-bond acceptors (Lipinski definition) is 6. The number of allylic oxidation sites excluding steroid dienone is 24. The molecule has 0 aliphatic rings. The minimum absolute atomic E-state index is 0.0997. The Morgan fingerprint density at radius 2 is 0.481 bits per heavy atom. The zero-order valence-electron chi connectivity index (χ0n) is 52.5. The molecule has 0 spiro atoms. The average molecular weight is 1120 g/mol. The molecule has 0 radical (unpaired) electrons. The van der Waals surface area contributed by atoms with Gasteiger partial charge in [0.2, 0.25) is 0 Å². The molecule has 0 saturated heterocycles. The van der Waals surface area contributed by atoms with Crippen LogP contribution in [0.25, 0.3) is 0 Å². The predicted molar refractivity (Wildman–Crippen MR) is 352 cm³/mol. The Morgan fingerprint density at radius 3 is 0.753 bits per heavy atom. The monoisotopic (exact) mass is 1120 g/mol. The number of rotatable bonds is 59. The van der Waals surface area contributed by atoms with Crippen LogP contribution in [0.1, 0.15) is 290 Å². The summed E-state index contributed by atoms with van der Waals surface area (Å²) in [4.78, 5) is 38.4. The van der Waals surface area contributed by atoms with E-state index in [4.69, 9.17) is 14.2 Å². The topological polar surface area (TPSA) is 78.9 Å². The third-order valence-corrected chi connectivity index (χ3v) is 13.8. The van der Waals surface area contributed by atoms with Crippen LogP contribution in [0.3, 0.4) is 0 Å². The second kappa shape index (κ2) is 67.8. The van der Waals surface area contributed by atoms with E-state index in [0.29, 0.717) is 19.3 Å². The van der Waals surface area contributed by atoms with Crippen molar-refractivity contribution in [3.8, 4) is 0 Å². The van der Waals surface area contributed by atoms with Crippen LogP contribution >= 0.6 is 0 Å². The van der Waals surface area contributed by atoms with E-state index in [2.05, 4.69) is 167 Å². The minimum atomic E-state index is -0.804. The quantitative estimate of drug-likeness (QED) is 0.0261. The summed E-state index contributed by atoms with van der Waals surface area (Å²) in [7, 11) is 0. The number of hydrogen-bond donors (Lipinski definition) is 0. The zero-order chi connectivity index (χ0) is 58.5. The van der Waals surface area contributed by atoms with Gasteiger partial charge in [0, 0.05) is 19.3 Å². The molecule has 0 heterocycles. The van der Waals surface area contributed by atoms with Crippen molar-refractivity contribution < 1.29 is 28.6 Å². The molecule has 0 fully saturated rings. The highest BCUT2D eigenvalue weighted by Crippen LogP contribution is 2.15. The van der Waals surface area contributed by atoms with Crippen LogP contribution in [0.2, 0.25) is 0 Å². The maximum atomic E-state index is 12.9. The molecule has 0 saturated carbocycles. The summed E-state index contributed by atoms with van der Waals surface area (Å²) in [5.74, 6) is -0.935. The van der Waals surface area contributed by atoms with Crippen molar-refractivity contribution in [3.05, 3.63) is 146 Å². The van der Waals surface area contributed by atoms with Gasteiger partial charge < -0.3 is 14.2 Å². The maximum absolute atomic E-state index is 12.9. The molecular weight excluding hydrogens is 997 g/mol. The second-order valence-electron chi connectivity index (χ2n) is 21.6. The normalized spacial score (nSPS) is 13.1. The van der Waals surface area contributed by atoms with E-state index in [9.17, 15) is 14.4 Å². The Bertz CT molecular complexity index is 1760. The van der Waals surface area contributed by atoms with Crippen molar-refractivity contribution in [2.45, 2.75) is 297 Å². The molecule has 1 unspecified atom stereocenters. The van der Waals surface area contributed by atoms with Crippen LogP contribution < -0.4 is 0 Å². The number of ether oxygens (including phenoxy) is 3. The van der Waals surface area contributed by atoms with E-state index in [0.717, 1.165) is 167 Å². The minimum Gasteiger partial charge on any atom is -0.462 e. The summed E-state index contributed by atoms with van der Waals surface area (Å²) in [6, 6.07) is 0. The van der Waals surface area contributed by atoms with Gasteiger partial charge in [-0.1, -0.05) is 276 Å². The van der Waals surface area contributed by atoms with Crippen molar-refractivity contribution in [1.82, 2.24) is 0 Å². The number of carbonyl (C=O) groups excluding carboxylic acids is 3. The average Bonchev–Trinajstić information content (AvgIpc) is 3.47. The van der Waals surface area contributed by atoms with Gasteiger partial charge in [-0.25, -0.2) is 0 Å². The lowest BCUT2D eigenvalue weighted by molar-refractivity contribution is -0.167. The maximum Gasteiger partial charge on any atom is 0.306 e. The smallest absolute Gasteiger partial charge is 0.306 e. The van der Waals surface area contributed by atoms with Crippen molar-refractivity contribution in [3.63, 3.8) is 0 Å². The molecular formula is C75H122O6. The van der Waals surface area contributed by atoms with Gasteiger partial charge >= 0.3 is 17.9 Å². The van der Waals surface area contributed by atoms with Gasteiger partial charge in [0.1, 0.15) is 13.2 Å². The number of carbonyl (C=O) groups is 3. The largest absolute Gasteiger partial charge is 0.462 e. The summed E-state index contributed by atoms with van der Waals surface area (Å²) < 4.78 is 16.9. The van der Waals surface area contributed by atoms with Crippen molar-refractivity contribution in [2.75, 3.05) is 13.2 Å². The fraction of sp³-hybridized carbons (Fsp3) is 0.640. The van der Waals surface area contributed by atoms with E-state index in [1.165, 1.54) is 83.5 Å². The third kappa shape index (κ3) is 66.0. The summed E-state index contributed by atoms with van der Waals surface area (Å²) in [6.07, 6.45) is 97.1. The summed E-state index contributed by atoms with van der Waals surface area (Å²) >= 11 is 0. The van der Waals surface area contributed by atoms with Gasteiger partial charge in [0.15, 0.2) is 6.10 Å². The highest BCUT2D eigenvalue weighted by atomic mass is 16.6. The molecule has 6 nitrogen and oxygen atoms in total. The van der Waals surface area contributed by atoms with Crippen LogP contribution in [-0.4, -0.2) is 37.2 Å². The number of unbranched alkanes of at least 4 members (excludes halogenated alkanes) is 24. The van der Waals surface area contributed by atoms with E-state index < -0.39 is 6.10 Å². The standard InChI is InChI=1S/C75H122O6/c1-4-7-10-13-16-19-22-25-28-30-32-34-36-37-39-40-42-44-47-50-53-56-59-62-65-68-74(77)80-71-72(70-79-73(76)67-64-61-58-55-52-49-46-27-24-21-18-15-12-9-6-3)81-75(78)69-66-63-60-57-54-51-48-45-43-41-38-35-33-31-29-26-23-20-17-14-11-8-5-2/h7,9-10,12,16,18-19,21,23,25-28,31-34,37-39,41-42,44,46,72H,4-6,8,11,13-15,17,20,22,24,29-30,35-36,40,43,45,47-71H2,1-3H3/b10-7-,12-9-,19-16-,21-18-,26-23-,28-25-,33-31-,34-32-,39-37-,41-38-,44-42-,46-27-. The highest BCUT2D eigenvalue weighted by Gasteiger charge is 2.19. The molecule has 0 aromatic rings. The lowest BCUT2D eigenvalue weighted by Gasteiger charge is -2.18. The van der Waals surface area contributed by atoms with Crippen LogP contribution in [0.5, 0.6) is 0 Å². The Labute approximate surface area is 499 Å². The van der Waals surface area contributed by atoms with Gasteiger partial charge in [-0.15, -0.1) is 0 Å². The lowest BCUT2D eigenvalue weighted by Crippen LogP contribution is -2.30. The molecule has 0 aromatic heterocycles. The summed E-state index contributed by atoms with van der Waals surface area (Å²) in [5.41, 5.74) is 0. The van der Waals surface area contributed by atoms with E-state index in [1.54, 1.807) is 0 Å². The Balaban J connectivity index is 4.45. The SMILES string of the molecule is CC/C=C\C/C=C\C/C=C\C/C=C\C/C=C\C/C=C\CCCCCCCCC(=O)OCC(COC(=O)CCCCCCC/C=C\C/C=C\C/C=C\CC)OC(=O)CCCCCCCCCC/C=C\C/C=C\C/C=C\CCCCCCC. The third-order valence-electron chi connectivity index (χ3n) is 13.8. The van der Waals surface area contributed by atoms with E-state index in [1.807, 2.05) is 0 Å². The van der Waals surface area contributed by atoms with E-state index in [-0.39, 0.29) is 31.1 Å². The summed E-state index contributed by atoms with van der Waals surface area (Å²) in [6.45, 7) is 6.38. The molecule has 0 bridgehead atoms. The highest BCUT2D eigenvalue weighted by molar-refractivity contribution is 5.71. The number of esters is 3. The second-order valence-corrected chi connectivity index (χ2v) is 21.6. The van der Waals surface area contributed by atoms with Gasteiger partial charge in [-0.05, 0) is 141 Å². The lowest BCUT2D eigenvalue weighted by atomic mass is 10.1. The first-order chi connectivity index (χ1) is 40.0. The predicted octanol–water partition coefficient (Wildman–Crippen LogP) is 23.1. The van der Waals surface area contributed by atoms with Gasteiger partial charge in [0.05, 0.1) is 0 Å². The zero-order valence-corrected chi connectivity index (χ0v) is 52.5. The van der Waals surface area contributed by atoms with Gasteiger partial charge in [0.25, 0.3) is 0 Å². The molecule has 1 atom stereocenters. The van der Waals surface area contributed by atoms with Crippen molar-refractivity contribution in [1.29, 1.82) is 0 Å². The van der Waals surface area contributed by atoms with Crippen LogP contribution in [-0.2, 0) is 28.6 Å². The fourth-order valence-electron chi connectivity index (χ4n) is 8.88. The molecule has 0 aliphatic heterocycles. The van der Waals surface area contributed by atoms with Crippen LogP contribution in [0, 0.1) is 0 Å². The van der Waals surface area contributed by atoms with Gasteiger partial charge in [-0.2, -0.15) is 0 Å². The molecule has 81 heavy (non-hydrogen) atoms. The fourth-order valence-corrected chi connectivity index (χ4v) is 8.88. The molecule has 458 valence electrons. The Morgan fingerprint density at radius 1 is 0.259 bits per heavy atom. The first kappa shape index (κ1) is 76.3. The Kier molecular flexibility index (Phi) is 63.9. The van der Waals surface area contributed by atoms with Crippen molar-refractivity contribution in [2.24, 2.45) is 0 Å². The van der Waals surface area contributed by atoms with E-state index >= 15 is 0 Å². The van der Waals surface area contributed by atoms with Gasteiger partial charge in [-0.3, -0.25) is 14.4 Å². The van der Waals surface area contributed by atoms with Crippen LogP contribution in [0.15, 0.2) is 146 Å². The first-order valence-corrected chi connectivity index (χ1v) is 33.3. The van der Waals surface area contributed by atoms with Crippen LogP contribution in [0.4, 0.5) is 0 Å². The first-order valence-electron chi connectivity index (χ1n) is 33.3. The molecule has 0 N–H and O–H groups in total. The molecule has 0 rings (SSSR count). The molecule has 0 aromatic carbocycles. The Hall–Kier alpha value is -4.71.